The molecule has 3 aromatic carbocycles. The summed E-state index contributed by atoms with van der Waals surface area (Å²) in [5, 5.41) is 9.84. The number of hydrogen-bond donors (Lipinski definition) is 1. The van der Waals surface area contributed by atoms with E-state index in [1.807, 2.05) is 19.9 Å². The van der Waals surface area contributed by atoms with Crippen molar-refractivity contribution in [3.8, 4) is 29.1 Å². The highest BCUT2D eigenvalue weighted by Gasteiger charge is 2.32. The van der Waals surface area contributed by atoms with E-state index in [9.17, 15) is 13.7 Å². The number of fused-ring (bicyclic) bond motifs is 1. The molecule has 0 saturated carbocycles. The molecular weight excluding hydrogens is 480 g/mol. The lowest BCUT2D eigenvalue weighted by Crippen LogP contribution is -2.21. The number of nitrogens with two attached hydrogens (primary N) is 1. The van der Waals surface area contributed by atoms with E-state index in [0.29, 0.717) is 29.4 Å². The summed E-state index contributed by atoms with van der Waals surface area (Å²) in [4.78, 5) is 0.0354. The molecule has 2 N–H and O–H groups in total. The fourth-order valence-corrected chi connectivity index (χ4v) is 4.83. The highest BCUT2D eigenvalue weighted by molar-refractivity contribution is 7.87. The Morgan fingerprint density at radius 1 is 1.06 bits per heavy atom. The quantitative estimate of drug-likeness (QED) is 0.434. The molecule has 1 atom stereocenters. The standard InChI is InChI=1S/C27H26N2O6S/c1-4-13-33-23-12-7-18(14-25(23)32-3)26-21-11-8-19(15-24(21)34-27(29)22(26)16-28)35-36(30,31)20-9-5-17(2)6-10-20/h5-12,14-15,26H,4,13,29H2,1-3H3. The van der Waals surface area contributed by atoms with Crippen LogP contribution in [0.5, 0.6) is 23.0 Å². The molecule has 3 aromatic rings. The van der Waals surface area contributed by atoms with Crippen molar-refractivity contribution in [1.82, 2.24) is 0 Å². The van der Waals surface area contributed by atoms with Crippen molar-refractivity contribution < 1.29 is 26.8 Å². The van der Waals surface area contributed by atoms with Crippen molar-refractivity contribution in [3.05, 3.63) is 88.8 Å². The van der Waals surface area contributed by atoms with Crippen molar-refractivity contribution >= 4 is 10.1 Å². The molecule has 0 amide bonds. The summed E-state index contributed by atoms with van der Waals surface area (Å²) in [6.45, 7) is 4.42. The molecule has 1 heterocycles. The molecule has 1 aliphatic rings. The Balaban J connectivity index is 1.71. The molecular formula is C27H26N2O6S. The number of methoxy groups -OCH3 is 1. The van der Waals surface area contributed by atoms with E-state index in [-0.39, 0.29) is 22.1 Å². The number of aryl methyl sites for hydroxylation is 1. The van der Waals surface area contributed by atoms with Crippen LogP contribution in [0.4, 0.5) is 0 Å². The van der Waals surface area contributed by atoms with Gasteiger partial charge in [0.15, 0.2) is 11.5 Å². The van der Waals surface area contributed by atoms with E-state index < -0.39 is 16.0 Å². The van der Waals surface area contributed by atoms with Gasteiger partial charge in [-0.15, -0.1) is 0 Å². The Morgan fingerprint density at radius 2 is 1.81 bits per heavy atom. The number of ether oxygens (including phenoxy) is 3. The first-order chi connectivity index (χ1) is 17.3. The zero-order chi connectivity index (χ0) is 25.9. The minimum absolute atomic E-state index is 0.0354. The molecule has 1 unspecified atom stereocenters. The van der Waals surface area contributed by atoms with Gasteiger partial charge in [-0.05, 0) is 49.2 Å². The minimum Gasteiger partial charge on any atom is -0.493 e. The molecule has 0 saturated heterocycles. The van der Waals surface area contributed by atoms with Gasteiger partial charge in [-0.25, -0.2) is 0 Å². The van der Waals surface area contributed by atoms with Crippen molar-refractivity contribution in [3.63, 3.8) is 0 Å². The summed E-state index contributed by atoms with van der Waals surface area (Å²) < 4.78 is 47.8. The second-order valence-corrected chi connectivity index (χ2v) is 9.78. The average molecular weight is 507 g/mol. The summed E-state index contributed by atoms with van der Waals surface area (Å²) in [5.41, 5.74) is 8.63. The zero-order valence-electron chi connectivity index (χ0n) is 20.1. The number of nitriles is 1. The molecule has 4 rings (SSSR count). The number of benzene rings is 3. The maximum Gasteiger partial charge on any atom is 0.339 e. The first-order valence-electron chi connectivity index (χ1n) is 11.3. The molecule has 0 aliphatic carbocycles. The van der Waals surface area contributed by atoms with E-state index in [0.717, 1.165) is 17.5 Å². The van der Waals surface area contributed by atoms with Gasteiger partial charge < -0.3 is 24.1 Å². The number of rotatable bonds is 8. The van der Waals surface area contributed by atoms with Gasteiger partial charge in [0.1, 0.15) is 28.0 Å². The van der Waals surface area contributed by atoms with Crippen LogP contribution < -0.4 is 24.1 Å². The molecule has 0 aromatic heterocycles. The molecule has 8 nitrogen and oxygen atoms in total. The third-order valence-corrected chi connectivity index (χ3v) is 6.95. The van der Waals surface area contributed by atoms with Crippen LogP contribution in [-0.4, -0.2) is 22.1 Å². The Morgan fingerprint density at radius 3 is 2.47 bits per heavy atom. The summed E-state index contributed by atoms with van der Waals surface area (Å²) >= 11 is 0. The maximum atomic E-state index is 12.7. The van der Waals surface area contributed by atoms with Gasteiger partial charge in [0.05, 0.1) is 19.6 Å². The number of nitrogens with zero attached hydrogens (tertiary/aromatic N) is 1. The van der Waals surface area contributed by atoms with Crippen LogP contribution in [0.2, 0.25) is 0 Å². The number of hydrogen-bond acceptors (Lipinski definition) is 8. The molecule has 1 aliphatic heterocycles. The third-order valence-electron chi connectivity index (χ3n) is 5.69. The fourth-order valence-electron chi connectivity index (χ4n) is 3.91. The molecule has 0 spiro atoms. The van der Waals surface area contributed by atoms with Crippen LogP contribution in [0.3, 0.4) is 0 Å². The fraction of sp³-hybridized carbons (Fsp3) is 0.222. The smallest absolute Gasteiger partial charge is 0.339 e. The predicted octanol–water partition coefficient (Wildman–Crippen LogP) is 4.78. The lowest BCUT2D eigenvalue weighted by Gasteiger charge is -2.27. The lowest BCUT2D eigenvalue weighted by molar-refractivity contribution is 0.294. The normalized spacial score (nSPS) is 14.9. The molecule has 0 bridgehead atoms. The van der Waals surface area contributed by atoms with Crippen LogP contribution in [0.15, 0.2) is 77.0 Å². The van der Waals surface area contributed by atoms with Crippen molar-refractivity contribution in [1.29, 1.82) is 5.26 Å². The molecule has 36 heavy (non-hydrogen) atoms. The highest BCUT2D eigenvalue weighted by Crippen LogP contribution is 2.45. The Hall–Kier alpha value is -4.16. The van der Waals surface area contributed by atoms with Crippen LogP contribution in [0.1, 0.15) is 36.0 Å². The Bertz CT molecular complexity index is 1460. The molecule has 9 heteroatoms. The summed E-state index contributed by atoms with van der Waals surface area (Å²) in [6.07, 6.45) is 0.847. The van der Waals surface area contributed by atoms with Gasteiger partial charge in [-0.2, -0.15) is 13.7 Å². The van der Waals surface area contributed by atoms with Gasteiger partial charge >= 0.3 is 10.1 Å². The average Bonchev–Trinajstić information content (AvgIpc) is 2.86. The third kappa shape index (κ3) is 4.95. The second-order valence-electron chi connectivity index (χ2n) is 8.23. The van der Waals surface area contributed by atoms with Crippen LogP contribution in [0.25, 0.3) is 0 Å². The largest absolute Gasteiger partial charge is 0.493 e. The summed E-state index contributed by atoms with van der Waals surface area (Å²) in [6, 6.07) is 18.5. The van der Waals surface area contributed by atoms with E-state index in [1.54, 1.807) is 37.4 Å². The molecule has 0 radical (unpaired) electrons. The van der Waals surface area contributed by atoms with Gasteiger partial charge in [-0.3, -0.25) is 0 Å². The van der Waals surface area contributed by atoms with Crippen molar-refractivity contribution in [2.45, 2.75) is 31.1 Å². The Labute approximate surface area is 210 Å². The van der Waals surface area contributed by atoms with Gasteiger partial charge in [0.2, 0.25) is 5.88 Å². The maximum absolute atomic E-state index is 12.7. The van der Waals surface area contributed by atoms with E-state index in [1.165, 1.54) is 24.3 Å². The predicted molar refractivity (Wildman–Crippen MR) is 134 cm³/mol. The SMILES string of the molecule is CCCOc1ccc(C2C(C#N)=C(N)Oc3cc(OS(=O)(=O)c4ccc(C)cc4)ccc32)cc1OC. The monoisotopic (exact) mass is 506 g/mol. The number of allylic oxidation sites excluding steroid dienone is 1. The first-order valence-corrected chi connectivity index (χ1v) is 12.7. The van der Waals surface area contributed by atoms with Crippen LogP contribution in [-0.2, 0) is 10.1 Å². The Kier molecular flexibility index (Phi) is 7.08. The summed E-state index contributed by atoms with van der Waals surface area (Å²) in [7, 11) is -2.51. The first kappa shape index (κ1) is 24.9. The minimum atomic E-state index is -4.05. The van der Waals surface area contributed by atoms with Gasteiger partial charge in [-0.1, -0.05) is 36.8 Å². The van der Waals surface area contributed by atoms with Gasteiger partial charge in [0, 0.05) is 11.6 Å². The highest BCUT2D eigenvalue weighted by atomic mass is 32.2. The van der Waals surface area contributed by atoms with Crippen LogP contribution in [0, 0.1) is 18.3 Å². The van der Waals surface area contributed by atoms with Crippen LogP contribution >= 0.6 is 0 Å². The van der Waals surface area contributed by atoms with E-state index in [2.05, 4.69) is 6.07 Å². The molecule has 0 fully saturated rings. The summed E-state index contributed by atoms with van der Waals surface area (Å²) in [5.74, 6) is 0.833. The van der Waals surface area contributed by atoms with E-state index >= 15 is 0 Å². The van der Waals surface area contributed by atoms with Crippen molar-refractivity contribution in [2.24, 2.45) is 5.73 Å². The molecule has 186 valence electrons. The second kappa shape index (κ2) is 10.2. The van der Waals surface area contributed by atoms with Crippen molar-refractivity contribution in [2.75, 3.05) is 13.7 Å². The van der Waals surface area contributed by atoms with Gasteiger partial charge in [0.25, 0.3) is 0 Å². The zero-order valence-corrected chi connectivity index (χ0v) is 21.0. The lowest BCUT2D eigenvalue weighted by atomic mass is 9.83. The topological polar surface area (TPSA) is 121 Å². The van der Waals surface area contributed by atoms with E-state index in [4.69, 9.17) is 24.1 Å².